The Labute approximate surface area is 130 Å². The first-order valence-corrected chi connectivity index (χ1v) is 7.26. The van der Waals surface area contributed by atoms with Gasteiger partial charge in [-0.3, -0.25) is 4.79 Å². The second-order valence-electron chi connectivity index (χ2n) is 5.98. The zero-order valence-corrected chi connectivity index (χ0v) is 12.7. The topological polar surface area (TPSA) is 49.8 Å². The number of phenolic OH excluding ortho intramolecular Hbond substituents is 1. The molecule has 0 aliphatic carbocycles. The van der Waals surface area contributed by atoms with Gasteiger partial charge in [0.15, 0.2) is 11.4 Å². The molecule has 4 nitrogen and oxygen atoms in total. The summed E-state index contributed by atoms with van der Waals surface area (Å²) in [6.07, 6.45) is 0.285. The fraction of sp³-hybridized carbons (Fsp3) is 0.278. The molecule has 0 radical (unpaired) electrons. The van der Waals surface area contributed by atoms with Crippen molar-refractivity contribution in [1.29, 1.82) is 0 Å². The lowest BCUT2D eigenvalue weighted by molar-refractivity contribution is 0.0194. The van der Waals surface area contributed by atoms with Gasteiger partial charge in [0.05, 0.1) is 12.0 Å². The molecule has 2 aromatic carbocycles. The molecular weight excluding hydrogens is 278 g/mol. The van der Waals surface area contributed by atoms with Crippen molar-refractivity contribution in [2.24, 2.45) is 0 Å². The second kappa shape index (κ2) is 5.46. The van der Waals surface area contributed by atoms with Gasteiger partial charge in [0.1, 0.15) is 11.5 Å². The molecule has 0 saturated carbocycles. The number of phenols is 1. The standard InChI is InChI=1S/C18H19NO3/c1-19(2)12-18(13-7-9-14(20)10-8-13)11-16(21)15-5-3-4-6-17(15)22-18/h3-10,20H,11-12H2,1-2H3. The smallest absolute Gasteiger partial charge is 0.171 e. The summed E-state index contributed by atoms with van der Waals surface area (Å²) < 4.78 is 6.28. The van der Waals surface area contributed by atoms with Gasteiger partial charge in [0.25, 0.3) is 0 Å². The number of para-hydroxylation sites is 1. The highest BCUT2D eigenvalue weighted by atomic mass is 16.5. The van der Waals surface area contributed by atoms with Crippen molar-refractivity contribution in [1.82, 2.24) is 4.90 Å². The number of ketones is 1. The van der Waals surface area contributed by atoms with Gasteiger partial charge in [-0.25, -0.2) is 0 Å². The lowest BCUT2D eigenvalue weighted by Gasteiger charge is -2.40. The average molecular weight is 297 g/mol. The number of fused-ring (bicyclic) bond motifs is 1. The summed E-state index contributed by atoms with van der Waals surface area (Å²) in [7, 11) is 3.91. The maximum atomic E-state index is 12.6. The molecule has 3 rings (SSSR count). The molecule has 0 fully saturated rings. The predicted molar refractivity (Wildman–Crippen MR) is 84.4 cm³/mol. The first-order valence-electron chi connectivity index (χ1n) is 7.26. The Bertz CT molecular complexity index is 694. The maximum absolute atomic E-state index is 12.6. The van der Waals surface area contributed by atoms with E-state index in [0.29, 0.717) is 17.9 Å². The molecule has 1 atom stereocenters. The Morgan fingerprint density at radius 2 is 1.82 bits per heavy atom. The first kappa shape index (κ1) is 14.6. The van der Waals surface area contributed by atoms with Crippen LogP contribution in [0, 0.1) is 0 Å². The van der Waals surface area contributed by atoms with Crippen molar-refractivity contribution in [3.05, 3.63) is 59.7 Å². The third-order valence-electron chi connectivity index (χ3n) is 3.90. The van der Waals surface area contributed by atoms with Gasteiger partial charge in [-0.2, -0.15) is 0 Å². The largest absolute Gasteiger partial charge is 0.508 e. The summed E-state index contributed by atoms with van der Waals surface area (Å²) >= 11 is 0. The van der Waals surface area contributed by atoms with Gasteiger partial charge in [0.2, 0.25) is 0 Å². The molecule has 22 heavy (non-hydrogen) atoms. The Kier molecular flexibility index (Phi) is 3.62. The molecular formula is C18H19NO3. The van der Waals surface area contributed by atoms with Crippen molar-refractivity contribution in [2.75, 3.05) is 20.6 Å². The third-order valence-corrected chi connectivity index (χ3v) is 3.90. The van der Waals surface area contributed by atoms with Crippen molar-refractivity contribution in [3.63, 3.8) is 0 Å². The fourth-order valence-corrected chi connectivity index (χ4v) is 3.00. The minimum atomic E-state index is -0.733. The minimum Gasteiger partial charge on any atom is -0.508 e. The van der Waals surface area contributed by atoms with E-state index >= 15 is 0 Å². The molecule has 0 bridgehead atoms. The van der Waals surface area contributed by atoms with Gasteiger partial charge in [-0.15, -0.1) is 0 Å². The van der Waals surface area contributed by atoms with Crippen molar-refractivity contribution in [2.45, 2.75) is 12.0 Å². The highest BCUT2D eigenvalue weighted by molar-refractivity contribution is 6.00. The average Bonchev–Trinajstić information content (AvgIpc) is 2.47. The van der Waals surface area contributed by atoms with Crippen LogP contribution in [0.15, 0.2) is 48.5 Å². The van der Waals surface area contributed by atoms with Crippen molar-refractivity contribution >= 4 is 5.78 Å². The van der Waals surface area contributed by atoms with Gasteiger partial charge in [0, 0.05) is 6.54 Å². The van der Waals surface area contributed by atoms with Crippen LogP contribution < -0.4 is 4.74 Å². The van der Waals surface area contributed by atoms with E-state index in [1.807, 2.05) is 49.3 Å². The molecule has 0 spiro atoms. The lowest BCUT2D eigenvalue weighted by Crippen LogP contribution is -2.46. The van der Waals surface area contributed by atoms with Crippen LogP contribution in [0.1, 0.15) is 22.3 Å². The fourth-order valence-electron chi connectivity index (χ4n) is 3.00. The summed E-state index contributed by atoms with van der Waals surface area (Å²) in [4.78, 5) is 14.6. The first-order chi connectivity index (χ1) is 10.5. The highest BCUT2D eigenvalue weighted by Gasteiger charge is 2.42. The van der Waals surface area contributed by atoms with Crippen molar-refractivity contribution in [3.8, 4) is 11.5 Å². The zero-order valence-electron chi connectivity index (χ0n) is 12.7. The van der Waals surface area contributed by atoms with Crippen LogP contribution in [0.3, 0.4) is 0 Å². The van der Waals surface area contributed by atoms with Crippen LogP contribution >= 0.6 is 0 Å². The van der Waals surface area contributed by atoms with E-state index in [2.05, 4.69) is 0 Å². The van der Waals surface area contributed by atoms with Crippen molar-refractivity contribution < 1.29 is 14.6 Å². The maximum Gasteiger partial charge on any atom is 0.171 e. The number of rotatable bonds is 3. The number of carbonyl (C=O) groups is 1. The monoisotopic (exact) mass is 297 g/mol. The molecule has 1 N–H and O–H groups in total. The van der Waals surface area contributed by atoms with E-state index in [4.69, 9.17) is 4.74 Å². The Morgan fingerprint density at radius 3 is 2.50 bits per heavy atom. The summed E-state index contributed by atoms with van der Waals surface area (Å²) in [5, 5.41) is 9.51. The summed E-state index contributed by atoms with van der Waals surface area (Å²) in [5.41, 5.74) is 0.792. The van der Waals surface area contributed by atoms with E-state index < -0.39 is 5.60 Å². The number of aromatic hydroxyl groups is 1. The number of hydrogen-bond donors (Lipinski definition) is 1. The number of benzene rings is 2. The van der Waals surface area contributed by atoms with E-state index in [-0.39, 0.29) is 18.0 Å². The number of nitrogens with zero attached hydrogens (tertiary/aromatic N) is 1. The Balaban J connectivity index is 2.09. The normalized spacial score (nSPS) is 20.6. The number of carbonyl (C=O) groups excluding carboxylic acids is 1. The third kappa shape index (κ3) is 2.57. The molecule has 1 aliphatic heterocycles. The van der Waals surface area contributed by atoms with Gasteiger partial charge < -0.3 is 14.7 Å². The Morgan fingerprint density at radius 1 is 1.14 bits per heavy atom. The van der Waals surface area contributed by atoms with E-state index in [0.717, 1.165) is 5.56 Å². The molecule has 1 unspecified atom stereocenters. The molecule has 0 amide bonds. The predicted octanol–water partition coefficient (Wildman–Crippen LogP) is 2.81. The summed E-state index contributed by atoms with van der Waals surface area (Å²) in [5.74, 6) is 0.900. The van der Waals surface area contributed by atoms with E-state index in [1.54, 1.807) is 18.2 Å². The number of Topliss-reactive ketones (excluding diaryl/α,β-unsaturated/α-hetero) is 1. The summed E-state index contributed by atoms with van der Waals surface area (Å²) in [6.45, 7) is 0.581. The van der Waals surface area contributed by atoms with Gasteiger partial charge >= 0.3 is 0 Å². The lowest BCUT2D eigenvalue weighted by atomic mass is 9.83. The van der Waals surface area contributed by atoms with Crippen LogP contribution in [-0.2, 0) is 5.60 Å². The van der Waals surface area contributed by atoms with Crippen LogP contribution in [0.4, 0.5) is 0 Å². The highest BCUT2D eigenvalue weighted by Crippen LogP contribution is 2.40. The quantitative estimate of drug-likeness (QED) is 0.946. The summed E-state index contributed by atoms with van der Waals surface area (Å²) in [6, 6.07) is 14.2. The van der Waals surface area contributed by atoms with Crippen LogP contribution in [0.25, 0.3) is 0 Å². The van der Waals surface area contributed by atoms with E-state index in [9.17, 15) is 9.90 Å². The molecule has 4 heteroatoms. The Hall–Kier alpha value is -2.33. The molecule has 0 saturated heterocycles. The van der Waals surface area contributed by atoms with Gasteiger partial charge in [-0.05, 0) is 43.9 Å². The molecule has 2 aromatic rings. The molecule has 1 heterocycles. The SMILES string of the molecule is CN(C)CC1(c2ccc(O)cc2)CC(=O)c2ccccc2O1. The number of hydrogen-bond acceptors (Lipinski definition) is 4. The van der Waals surface area contributed by atoms with Crippen LogP contribution in [0.2, 0.25) is 0 Å². The zero-order chi connectivity index (χ0) is 15.7. The second-order valence-corrected chi connectivity index (χ2v) is 5.98. The van der Waals surface area contributed by atoms with Crippen LogP contribution in [0.5, 0.6) is 11.5 Å². The van der Waals surface area contributed by atoms with Crippen LogP contribution in [-0.4, -0.2) is 36.4 Å². The molecule has 114 valence electrons. The minimum absolute atomic E-state index is 0.0803. The van der Waals surface area contributed by atoms with Gasteiger partial charge in [-0.1, -0.05) is 24.3 Å². The van der Waals surface area contributed by atoms with E-state index in [1.165, 1.54) is 0 Å². The molecule has 1 aliphatic rings. The number of likely N-dealkylation sites (N-methyl/N-ethyl adjacent to an activating group) is 1. The number of ether oxygens (including phenoxy) is 1. The molecule has 0 aromatic heterocycles.